The first-order valence-electron chi connectivity index (χ1n) is 13.0. The van der Waals surface area contributed by atoms with E-state index in [0.717, 1.165) is 79.5 Å². The maximum absolute atomic E-state index is 13.9. The van der Waals surface area contributed by atoms with Crippen LogP contribution >= 0.6 is 11.6 Å². The molecule has 7 heteroatoms. The van der Waals surface area contributed by atoms with Gasteiger partial charge in [-0.3, -0.25) is 4.98 Å². The summed E-state index contributed by atoms with van der Waals surface area (Å²) in [6, 6.07) is 14.2. The van der Waals surface area contributed by atoms with Gasteiger partial charge in [-0.2, -0.15) is 13.2 Å². The van der Waals surface area contributed by atoms with Crippen LogP contribution in [0.2, 0.25) is 5.02 Å². The number of fused-ring (bicyclic) bond motifs is 2. The lowest BCUT2D eigenvalue weighted by Crippen LogP contribution is -2.27. The highest BCUT2D eigenvalue weighted by Crippen LogP contribution is 2.44. The molecule has 0 amide bonds. The van der Waals surface area contributed by atoms with E-state index < -0.39 is 11.7 Å². The van der Waals surface area contributed by atoms with Crippen molar-refractivity contribution in [1.82, 2.24) is 15.6 Å². The second kappa shape index (κ2) is 9.90. The molecule has 2 saturated heterocycles. The van der Waals surface area contributed by atoms with Crippen LogP contribution in [0.5, 0.6) is 0 Å². The lowest BCUT2D eigenvalue weighted by atomic mass is 9.81. The molecule has 3 aromatic carbocycles. The molecule has 2 fully saturated rings. The Morgan fingerprint density at radius 3 is 2.16 bits per heavy atom. The number of hydrogen-bond acceptors (Lipinski definition) is 3. The van der Waals surface area contributed by atoms with Gasteiger partial charge in [0, 0.05) is 22.2 Å². The number of nitrogens with one attached hydrogen (secondary N) is 2. The minimum absolute atomic E-state index is 0.157. The first-order chi connectivity index (χ1) is 17.9. The average Bonchev–Trinajstić information content (AvgIpc) is 2.92. The summed E-state index contributed by atoms with van der Waals surface area (Å²) < 4.78 is 41.7. The number of hydrogen-bond donors (Lipinski definition) is 2. The fraction of sp³-hybridized carbons (Fsp3) is 0.367. The smallest absolute Gasteiger partial charge is 0.317 e. The monoisotopic (exact) mass is 523 g/mol. The van der Waals surface area contributed by atoms with Gasteiger partial charge in [0.1, 0.15) is 0 Å². The number of benzene rings is 3. The van der Waals surface area contributed by atoms with Gasteiger partial charge in [0.2, 0.25) is 0 Å². The predicted molar refractivity (Wildman–Crippen MR) is 144 cm³/mol. The summed E-state index contributed by atoms with van der Waals surface area (Å²) in [6.07, 6.45) is 1.30. The minimum atomic E-state index is -4.41. The van der Waals surface area contributed by atoms with E-state index >= 15 is 0 Å². The van der Waals surface area contributed by atoms with Gasteiger partial charge < -0.3 is 10.6 Å². The molecule has 0 spiro atoms. The SMILES string of the molecule is FC(F)(F)c1cccc2c(C3CCNCC3)c(-c3cc4c(C5CCNCC5)ccc(Cl)c4cn3)ccc12. The van der Waals surface area contributed by atoms with Crippen LogP contribution in [0.3, 0.4) is 0 Å². The fourth-order valence-corrected chi connectivity index (χ4v) is 6.48. The van der Waals surface area contributed by atoms with Gasteiger partial charge >= 0.3 is 6.18 Å². The summed E-state index contributed by atoms with van der Waals surface area (Å²) in [5, 5.41) is 10.4. The Morgan fingerprint density at radius 1 is 0.757 bits per heavy atom. The van der Waals surface area contributed by atoms with Gasteiger partial charge in [-0.05, 0) is 109 Å². The van der Waals surface area contributed by atoms with Crippen LogP contribution in [0.15, 0.2) is 54.7 Å². The van der Waals surface area contributed by atoms with Gasteiger partial charge in [0.25, 0.3) is 0 Å². The normalized spacial score (nSPS) is 18.1. The van der Waals surface area contributed by atoms with E-state index in [1.165, 1.54) is 17.7 Å². The topological polar surface area (TPSA) is 37.0 Å². The first-order valence-corrected chi connectivity index (χ1v) is 13.4. The van der Waals surface area contributed by atoms with Crippen LogP contribution < -0.4 is 10.6 Å². The molecule has 2 N–H and O–H groups in total. The third kappa shape index (κ3) is 4.60. The molecule has 0 bridgehead atoms. The second-order valence-electron chi connectivity index (χ2n) is 10.2. The zero-order valence-electron chi connectivity index (χ0n) is 20.5. The van der Waals surface area contributed by atoms with Crippen LogP contribution in [-0.2, 0) is 6.18 Å². The van der Waals surface area contributed by atoms with Crippen LogP contribution in [0.1, 0.15) is 54.2 Å². The van der Waals surface area contributed by atoms with E-state index in [-0.39, 0.29) is 11.3 Å². The Bertz CT molecular complexity index is 1450. The summed E-state index contributed by atoms with van der Waals surface area (Å²) >= 11 is 6.59. The molecule has 4 aromatic rings. The van der Waals surface area contributed by atoms with Crippen molar-refractivity contribution in [3.05, 3.63) is 76.4 Å². The van der Waals surface area contributed by atoms with Gasteiger partial charge in [-0.15, -0.1) is 0 Å². The molecule has 1 aromatic heterocycles. The number of halogens is 4. The van der Waals surface area contributed by atoms with Crippen molar-refractivity contribution in [2.45, 2.75) is 43.7 Å². The second-order valence-corrected chi connectivity index (χ2v) is 10.6. The van der Waals surface area contributed by atoms with Crippen molar-refractivity contribution in [2.75, 3.05) is 26.2 Å². The molecular formula is C30H29ClF3N3. The predicted octanol–water partition coefficient (Wildman–Crippen LogP) is 7.66. The fourth-order valence-electron chi connectivity index (χ4n) is 6.27. The van der Waals surface area contributed by atoms with E-state index in [1.807, 2.05) is 24.4 Å². The lowest BCUT2D eigenvalue weighted by Gasteiger charge is -2.27. The summed E-state index contributed by atoms with van der Waals surface area (Å²) in [7, 11) is 0. The van der Waals surface area contributed by atoms with E-state index in [1.54, 1.807) is 6.07 Å². The third-order valence-electron chi connectivity index (χ3n) is 8.09. The molecule has 2 aliphatic rings. The van der Waals surface area contributed by atoms with Crippen molar-refractivity contribution in [3.8, 4) is 11.3 Å². The van der Waals surface area contributed by atoms with Crippen molar-refractivity contribution >= 4 is 33.1 Å². The van der Waals surface area contributed by atoms with Crippen molar-refractivity contribution < 1.29 is 13.2 Å². The quantitative estimate of drug-likeness (QED) is 0.289. The molecule has 0 unspecified atom stereocenters. The van der Waals surface area contributed by atoms with Crippen LogP contribution in [-0.4, -0.2) is 31.2 Å². The number of rotatable bonds is 3. The highest BCUT2D eigenvalue weighted by atomic mass is 35.5. The highest BCUT2D eigenvalue weighted by molar-refractivity contribution is 6.35. The van der Waals surface area contributed by atoms with E-state index in [0.29, 0.717) is 16.3 Å². The van der Waals surface area contributed by atoms with Crippen LogP contribution in [0.4, 0.5) is 13.2 Å². The molecule has 192 valence electrons. The number of alkyl halides is 3. The molecular weight excluding hydrogens is 495 g/mol. The largest absolute Gasteiger partial charge is 0.417 e. The summed E-state index contributed by atoms with van der Waals surface area (Å²) in [4.78, 5) is 4.82. The molecule has 0 aliphatic carbocycles. The zero-order valence-corrected chi connectivity index (χ0v) is 21.2. The highest BCUT2D eigenvalue weighted by Gasteiger charge is 2.33. The van der Waals surface area contributed by atoms with E-state index in [4.69, 9.17) is 16.6 Å². The first kappa shape index (κ1) is 24.7. The Morgan fingerprint density at radius 2 is 1.46 bits per heavy atom. The van der Waals surface area contributed by atoms with Crippen LogP contribution in [0.25, 0.3) is 32.8 Å². The minimum Gasteiger partial charge on any atom is -0.317 e. The molecule has 6 rings (SSSR count). The number of pyridine rings is 1. The van der Waals surface area contributed by atoms with Crippen molar-refractivity contribution in [3.63, 3.8) is 0 Å². The molecule has 3 nitrogen and oxygen atoms in total. The number of piperidine rings is 2. The molecule has 37 heavy (non-hydrogen) atoms. The zero-order chi connectivity index (χ0) is 25.6. The van der Waals surface area contributed by atoms with E-state index in [9.17, 15) is 13.2 Å². The standard InChI is InChI=1S/C30H29ClF3N3/c31-27-7-6-20(18-8-12-35-13-9-18)24-16-28(37-17-25(24)27)23-5-4-21-22(2-1-3-26(21)30(32,33)34)29(23)19-10-14-36-15-11-19/h1-7,16-19,35-36H,8-15H2. The molecule has 2 aliphatic heterocycles. The van der Waals surface area contributed by atoms with Gasteiger partial charge in [-0.1, -0.05) is 41.9 Å². The van der Waals surface area contributed by atoms with Gasteiger partial charge in [0.15, 0.2) is 0 Å². The Labute approximate surface area is 219 Å². The van der Waals surface area contributed by atoms with Crippen LogP contribution in [0, 0.1) is 0 Å². The summed E-state index contributed by atoms with van der Waals surface area (Å²) in [5.74, 6) is 0.593. The number of nitrogens with zero attached hydrogens (tertiary/aromatic N) is 1. The Balaban J connectivity index is 1.58. The summed E-state index contributed by atoms with van der Waals surface area (Å²) in [6.45, 7) is 3.66. The summed E-state index contributed by atoms with van der Waals surface area (Å²) in [5.41, 5.74) is 3.36. The molecule has 0 radical (unpaired) electrons. The maximum Gasteiger partial charge on any atom is 0.417 e. The molecule has 3 heterocycles. The average molecular weight is 524 g/mol. The number of aromatic nitrogens is 1. The van der Waals surface area contributed by atoms with Crippen molar-refractivity contribution in [1.29, 1.82) is 0 Å². The lowest BCUT2D eigenvalue weighted by molar-refractivity contribution is -0.136. The molecule has 0 atom stereocenters. The maximum atomic E-state index is 13.9. The van der Waals surface area contributed by atoms with Gasteiger partial charge in [-0.25, -0.2) is 0 Å². The van der Waals surface area contributed by atoms with Crippen molar-refractivity contribution in [2.24, 2.45) is 0 Å². The Hall–Kier alpha value is -2.67. The third-order valence-corrected chi connectivity index (χ3v) is 8.42. The Kier molecular flexibility index (Phi) is 6.59. The van der Waals surface area contributed by atoms with Gasteiger partial charge in [0.05, 0.1) is 11.3 Å². The molecule has 0 saturated carbocycles. The van der Waals surface area contributed by atoms with E-state index in [2.05, 4.69) is 22.8 Å².